The molecule has 0 fully saturated rings. The van der Waals surface area contributed by atoms with Gasteiger partial charge in [0.2, 0.25) is 0 Å². The monoisotopic (exact) mass is 218 g/mol. The van der Waals surface area contributed by atoms with Crippen molar-refractivity contribution in [2.24, 2.45) is 0 Å². The Morgan fingerprint density at radius 1 is 1.38 bits per heavy atom. The summed E-state index contributed by atoms with van der Waals surface area (Å²) in [5, 5.41) is 2.85. The van der Waals surface area contributed by atoms with Crippen LogP contribution in [-0.4, -0.2) is 19.1 Å². The van der Waals surface area contributed by atoms with Crippen molar-refractivity contribution in [2.45, 2.75) is 6.92 Å². The number of ether oxygens (including phenoxy) is 1. The summed E-state index contributed by atoms with van der Waals surface area (Å²) in [4.78, 5) is 4.08. The van der Waals surface area contributed by atoms with E-state index in [1.165, 1.54) is 0 Å². The van der Waals surface area contributed by atoms with Gasteiger partial charge in [0, 0.05) is 7.05 Å². The Labute approximate surface area is 94.3 Å². The maximum absolute atomic E-state index is 5.51. The number of nitrogens with one attached hydrogen (secondary N) is 1. The van der Waals surface area contributed by atoms with Crippen molar-refractivity contribution in [3.05, 3.63) is 30.0 Å². The summed E-state index contributed by atoms with van der Waals surface area (Å²) in [7, 11) is 3.41. The van der Waals surface area contributed by atoms with Gasteiger partial charge in [0.15, 0.2) is 5.76 Å². The van der Waals surface area contributed by atoms with E-state index in [0.29, 0.717) is 11.8 Å². The quantitative estimate of drug-likeness (QED) is 0.860. The van der Waals surface area contributed by atoms with Crippen molar-refractivity contribution in [2.75, 3.05) is 19.5 Å². The molecule has 1 heterocycles. The fourth-order valence-electron chi connectivity index (χ4n) is 1.53. The summed E-state index contributed by atoms with van der Waals surface area (Å²) in [6, 6.07) is 6.43. The third kappa shape index (κ3) is 1.86. The minimum Gasteiger partial charge on any atom is -0.496 e. The third-order valence-corrected chi connectivity index (χ3v) is 2.34. The first-order valence-electron chi connectivity index (χ1n) is 5.03. The topological polar surface area (TPSA) is 47.3 Å². The van der Waals surface area contributed by atoms with Crippen LogP contribution in [0.3, 0.4) is 0 Å². The number of anilines is 1. The molecule has 0 saturated heterocycles. The summed E-state index contributed by atoms with van der Waals surface area (Å²) < 4.78 is 10.8. The van der Waals surface area contributed by atoms with Gasteiger partial charge in [-0.2, -0.15) is 0 Å². The number of oxazole rings is 1. The molecule has 0 aliphatic rings. The van der Waals surface area contributed by atoms with Crippen LogP contribution >= 0.6 is 0 Å². The lowest BCUT2D eigenvalue weighted by Gasteiger charge is -2.06. The smallest absolute Gasteiger partial charge is 0.294 e. The number of hydrogen-bond acceptors (Lipinski definition) is 4. The number of aromatic nitrogens is 1. The highest BCUT2D eigenvalue weighted by atomic mass is 16.5. The molecule has 2 rings (SSSR count). The van der Waals surface area contributed by atoms with E-state index in [1.807, 2.05) is 25.1 Å². The molecule has 0 unspecified atom stereocenters. The van der Waals surface area contributed by atoms with E-state index in [4.69, 9.17) is 9.15 Å². The van der Waals surface area contributed by atoms with E-state index in [2.05, 4.69) is 10.3 Å². The van der Waals surface area contributed by atoms with Crippen molar-refractivity contribution < 1.29 is 9.15 Å². The molecule has 0 amide bonds. The molecule has 1 aromatic heterocycles. The van der Waals surface area contributed by atoms with Crippen LogP contribution in [0.1, 0.15) is 5.56 Å². The predicted molar refractivity (Wildman–Crippen MR) is 62.8 cm³/mol. The predicted octanol–water partition coefficient (Wildman–Crippen LogP) is 2.70. The first-order chi connectivity index (χ1) is 7.74. The lowest BCUT2D eigenvalue weighted by atomic mass is 10.1. The number of nitrogens with zero attached hydrogens (tertiary/aromatic N) is 1. The molecule has 1 aromatic carbocycles. The first-order valence-corrected chi connectivity index (χ1v) is 5.03. The average Bonchev–Trinajstić information content (AvgIpc) is 2.77. The van der Waals surface area contributed by atoms with Crippen LogP contribution in [0.4, 0.5) is 6.01 Å². The Bertz CT molecular complexity index is 492. The summed E-state index contributed by atoms with van der Waals surface area (Å²) in [6.07, 6.45) is 1.68. The Morgan fingerprint density at radius 2 is 2.19 bits per heavy atom. The third-order valence-electron chi connectivity index (χ3n) is 2.34. The van der Waals surface area contributed by atoms with Gasteiger partial charge in [0.05, 0.1) is 18.9 Å². The lowest BCUT2D eigenvalue weighted by Crippen LogP contribution is -1.88. The van der Waals surface area contributed by atoms with E-state index in [9.17, 15) is 0 Å². The molecule has 0 aliphatic carbocycles. The molecule has 4 nitrogen and oxygen atoms in total. The summed E-state index contributed by atoms with van der Waals surface area (Å²) in [5.41, 5.74) is 2.06. The zero-order valence-corrected chi connectivity index (χ0v) is 9.57. The van der Waals surface area contributed by atoms with E-state index in [1.54, 1.807) is 20.4 Å². The lowest BCUT2D eigenvalue weighted by molar-refractivity contribution is 0.414. The molecule has 0 bridgehead atoms. The van der Waals surface area contributed by atoms with Gasteiger partial charge in [-0.15, -0.1) is 0 Å². The number of benzene rings is 1. The van der Waals surface area contributed by atoms with Crippen LogP contribution in [0.15, 0.2) is 28.8 Å². The van der Waals surface area contributed by atoms with Gasteiger partial charge in [-0.25, -0.2) is 4.98 Å². The molecular weight excluding hydrogens is 204 g/mol. The number of hydrogen-bond donors (Lipinski definition) is 1. The maximum atomic E-state index is 5.51. The Hall–Kier alpha value is -1.97. The second kappa shape index (κ2) is 4.26. The molecule has 0 atom stereocenters. The number of rotatable bonds is 3. The van der Waals surface area contributed by atoms with Crippen LogP contribution in [0.5, 0.6) is 5.75 Å². The molecule has 16 heavy (non-hydrogen) atoms. The molecule has 0 aliphatic heterocycles. The largest absolute Gasteiger partial charge is 0.496 e. The van der Waals surface area contributed by atoms with E-state index >= 15 is 0 Å². The highest BCUT2D eigenvalue weighted by molar-refractivity contribution is 5.66. The van der Waals surface area contributed by atoms with E-state index in [0.717, 1.165) is 16.9 Å². The standard InChI is InChI=1S/C12H14N2O2/c1-8-4-5-10(15-3)9(6-8)11-7-14-12(13-2)16-11/h4-7H,1-3H3,(H,13,14). The van der Waals surface area contributed by atoms with Crippen LogP contribution in [0.25, 0.3) is 11.3 Å². The van der Waals surface area contributed by atoms with Crippen molar-refractivity contribution in [1.82, 2.24) is 4.98 Å². The Morgan fingerprint density at radius 3 is 2.81 bits per heavy atom. The Kier molecular flexibility index (Phi) is 2.81. The highest BCUT2D eigenvalue weighted by Gasteiger charge is 2.10. The van der Waals surface area contributed by atoms with Crippen LogP contribution < -0.4 is 10.1 Å². The van der Waals surface area contributed by atoms with E-state index < -0.39 is 0 Å². The minimum absolute atomic E-state index is 0.499. The van der Waals surface area contributed by atoms with Crippen LogP contribution in [-0.2, 0) is 0 Å². The van der Waals surface area contributed by atoms with Gasteiger partial charge in [0.25, 0.3) is 6.01 Å². The van der Waals surface area contributed by atoms with Gasteiger partial charge in [-0.05, 0) is 19.1 Å². The maximum Gasteiger partial charge on any atom is 0.294 e. The SMILES string of the molecule is CNc1ncc(-c2cc(C)ccc2OC)o1. The van der Waals surface area contributed by atoms with Gasteiger partial charge < -0.3 is 14.5 Å². The zero-order valence-electron chi connectivity index (χ0n) is 9.57. The van der Waals surface area contributed by atoms with E-state index in [-0.39, 0.29) is 0 Å². The van der Waals surface area contributed by atoms with Gasteiger partial charge in [-0.3, -0.25) is 0 Å². The highest BCUT2D eigenvalue weighted by Crippen LogP contribution is 2.31. The second-order valence-electron chi connectivity index (χ2n) is 3.48. The van der Waals surface area contributed by atoms with Gasteiger partial charge in [-0.1, -0.05) is 11.6 Å². The zero-order chi connectivity index (χ0) is 11.5. The molecular formula is C12H14N2O2. The van der Waals surface area contributed by atoms with Crippen molar-refractivity contribution >= 4 is 6.01 Å². The van der Waals surface area contributed by atoms with Crippen molar-refractivity contribution in [3.8, 4) is 17.1 Å². The molecule has 1 N–H and O–H groups in total. The first kappa shape index (κ1) is 10.5. The summed E-state index contributed by atoms with van der Waals surface area (Å²) in [6.45, 7) is 2.03. The fourth-order valence-corrected chi connectivity index (χ4v) is 1.53. The van der Waals surface area contributed by atoms with Gasteiger partial charge in [0.1, 0.15) is 5.75 Å². The van der Waals surface area contributed by atoms with Crippen LogP contribution in [0, 0.1) is 6.92 Å². The average molecular weight is 218 g/mol. The molecule has 0 saturated carbocycles. The summed E-state index contributed by atoms with van der Waals surface area (Å²) >= 11 is 0. The summed E-state index contributed by atoms with van der Waals surface area (Å²) in [5.74, 6) is 1.48. The fraction of sp³-hybridized carbons (Fsp3) is 0.250. The van der Waals surface area contributed by atoms with Crippen molar-refractivity contribution in [1.29, 1.82) is 0 Å². The molecule has 0 radical (unpaired) electrons. The van der Waals surface area contributed by atoms with Gasteiger partial charge >= 0.3 is 0 Å². The molecule has 4 heteroatoms. The van der Waals surface area contributed by atoms with Crippen molar-refractivity contribution in [3.63, 3.8) is 0 Å². The number of methoxy groups -OCH3 is 1. The second-order valence-corrected chi connectivity index (χ2v) is 3.48. The van der Waals surface area contributed by atoms with Crippen LogP contribution in [0.2, 0.25) is 0 Å². The number of aryl methyl sites for hydroxylation is 1. The molecule has 2 aromatic rings. The molecule has 0 spiro atoms. The normalized spacial score (nSPS) is 10.2. The minimum atomic E-state index is 0.499. The molecule has 84 valence electrons. The Balaban J connectivity index is 2.49.